The predicted molar refractivity (Wildman–Crippen MR) is 43.7 cm³/mol. The van der Waals surface area contributed by atoms with Crippen molar-refractivity contribution in [2.24, 2.45) is 5.73 Å². The van der Waals surface area contributed by atoms with Gasteiger partial charge in [-0.15, -0.1) is 12.4 Å². The minimum atomic E-state index is -0.0454. The van der Waals surface area contributed by atoms with Gasteiger partial charge in [-0.3, -0.25) is 4.79 Å². The van der Waals surface area contributed by atoms with Crippen molar-refractivity contribution < 1.29 is 9.53 Å². The van der Waals surface area contributed by atoms with E-state index in [1.54, 1.807) is 0 Å². The van der Waals surface area contributed by atoms with E-state index in [0.29, 0.717) is 13.1 Å². The Balaban J connectivity index is 0.000001000. The highest BCUT2D eigenvalue weighted by molar-refractivity contribution is 5.85. The monoisotopic (exact) mass is 180 g/mol. The number of carbonyl (C=O) groups excluding carboxylic acids is 1. The smallest absolute Gasteiger partial charge is 0.246 e. The van der Waals surface area contributed by atoms with E-state index < -0.39 is 0 Å². The lowest BCUT2D eigenvalue weighted by atomic mass is 10.2. The summed E-state index contributed by atoms with van der Waals surface area (Å²) < 4.78 is 5.13. The zero-order valence-corrected chi connectivity index (χ0v) is 7.02. The first-order valence-corrected chi connectivity index (χ1v) is 3.41. The van der Waals surface area contributed by atoms with E-state index in [1.165, 1.54) is 0 Å². The number of hydrogen-bond acceptors (Lipinski definition) is 3. The molecular formula is C6H13ClN2O2. The highest BCUT2D eigenvalue weighted by atomic mass is 35.5. The van der Waals surface area contributed by atoms with Crippen molar-refractivity contribution in [2.75, 3.05) is 19.7 Å². The normalized spacial score (nSPS) is 24.8. The molecule has 1 aliphatic heterocycles. The van der Waals surface area contributed by atoms with E-state index in [9.17, 15) is 4.79 Å². The molecule has 66 valence electrons. The summed E-state index contributed by atoms with van der Waals surface area (Å²) in [4.78, 5) is 10.7. The number of nitrogens with two attached hydrogens (primary N) is 1. The summed E-state index contributed by atoms with van der Waals surface area (Å²) in [6.07, 6.45) is 0.876. The molecule has 11 heavy (non-hydrogen) atoms. The summed E-state index contributed by atoms with van der Waals surface area (Å²) in [5, 5.41) is 2.69. The van der Waals surface area contributed by atoms with Gasteiger partial charge in [-0.1, -0.05) is 0 Å². The van der Waals surface area contributed by atoms with Crippen molar-refractivity contribution in [2.45, 2.75) is 12.5 Å². The van der Waals surface area contributed by atoms with Gasteiger partial charge < -0.3 is 15.8 Å². The van der Waals surface area contributed by atoms with Gasteiger partial charge >= 0.3 is 0 Å². The van der Waals surface area contributed by atoms with Crippen LogP contribution < -0.4 is 11.1 Å². The number of amides is 1. The van der Waals surface area contributed by atoms with Crippen LogP contribution in [0, 0.1) is 0 Å². The van der Waals surface area contributed by atoms with Crippen LogP contribution in [0.25, 0.3) is 0 Å². The summed E-state index contributed by atoms with van der Waals surface area (Å²) in [6, 6.07) is 0. The Morgan fingerprint density at radius 3 is 3.09 bits per heavy atom. The van der Waals surface area contributed by atoms with Crippen LogP contribution >= 0.6 is 12.4 Å². The quantitative estimate of drug-likeness (QED) is 0.560. The molecule has 0 saturated carbocycles. The lowest BCUT2D eigenvalue weighted by Crippen LogP contribution is -2.24. The first-order valence-electron chi connectivity index (χ1n) is 3.41. The second kappa shape index (κ2) is 5.35. The molecule has 1 saturated heterocycles. The van der Waals surface area contributed by atoms with E-state index in [4.69, 9.17) is 10.5 Å². The molecule has 0 bridgehead atoms. The molecule has 0 aromatic heterocycles. The van der Waals surface area contributed by atoms with Gasteiger partial charge in [0.25, 0.3) is 0 Å². The third-order valence-electron chi connectivity index (χ3n) is 1.50. The second-order valence-corrected chi connectivity index (χ2v) is 2.31. The molecule has 0 radical (unpaired) electrons. The number of carbonyl (C=O) groups is 1. The Morgan fingerprint density at radius 2 is 2.45 bits per heavy atom. The van der Waals surface area contributed by atoms with Crippen LogP contribution in [0.15, 0.2) is 0 Å². The third kappa shape index (κ3) is 3.55. The van der Waals surface area contributed by atoms with Crippen LogP contribution in [-0.4, -0.2) is 31.7 Å². The number of halogens is 1. The van der Waals surface area contributed by atoms with Gasteiger partial charge in [0.05, 0.1) is 6.10 Å². The molecule has 1 rings (SSSR count). The molecule has 1 unspecified atom stereocenters. The van der Waals surface area contributed by atoms with E-state index in [0.717, 1.165) is 6.42 Å². The molecule has 0 spiro atoms. The molecular weight excluding hydrogens is 168 g/mol. The Labute approximate surface area is 71.9 Å². The number of ether oxygens (including phenoxy) is 1. The summed E-state index contributed by atoms with van der Waals surface area (Å²) in [7, 11) is 0. The molecule has 1 heterocycles. The van der Waals surface area contributed by atoms with E-state index in [-0.39, 0.29) is 31.0 Å². The average Bonchev–Trinajstić information content (AvgIpc) is 2.14. The molecule has 0 aromatic carbocycles. The topological polar surface area (TPSA) is 64.3 Å². The number of hydrogen-bond donors (Lipinski definition) is 2. The van der Waals surface area contributed by atoms with Crippen LogP contribution in [0.5, 0.6) is 0 Å². The maximum atomic E-state index is 10.7. The van der Waals surface area contributed by atoms with Gasteiger partial charge in [0, 0.05) is 13.1 Å². The fourth-order valence-electron chi connectivity index (χ4n) is 0.886. The standard InChI is InChI=1S/C6H12N2O2.ClH/c7-3-5-1-2-8-6(9)4-10-5;/h5H,1-4,7H2,(H,8,9);1H. The zero-order valence-electron chi connectivity index (χ0n) is 6.21. The molecule has 1 amide bonds. The van der Waals surface area contributed by atoms with E-state index >= 15 is 0 Å². The molecule has 1 atom stereocenters. The Kier molecular flexibility index (Phi) is 5.19. The van der Waals surface area contributed by atoms with E-state index in [1.807, 2.05) is 0 Å². The first-order chi connectivity index (χ1) is 4.83. The minimum Gasteiger partial charge on any atom is -0.367 e. The number of nitrogens with one attached hydrogen (secondary N) is 1. The van der Waals surface area contributed by atoms with Crippen LogP contribution in [-0.2, 0) is 9.53 Å². The second-order valence-electron chi connectivity index (χ2n) is 2.31. The lowest BCUT2D eigenvalue weighted by molar-refractivity contribution is -0.125. The van der Waals surface area contributed by atoms with Crippen molar-refractivity contribution >= 4 is 18.3 Å². The maximum absolute atomic E-state index is 10.7. The molecule has 5 heteroatoms. The van der Waals surface area contributed by atoms with Crippen molar-refractivity contribution in [3.63, 3.8) is 0 Å². The van der Waals surface area contributed by atoms with Crippen molar-refractivity contribution in [3.8, 4) is 0 Å². The van der Waals surface area contributed by atoms with Gasteiger partial charge in [-0.2, -0.15) is 0 Å². The van der Waals surface area contributed by atoms with Crippen LogP contribution in [0.4, 0.5) is 0 Å². The summed E-state index contributed by atoms with van der Waals surface area (Å²) in [5.41, 5.74) is 5.35. The van der Waals surface area contributed by atoms with Gasteiger partial charge in [-0.05, 0) is 6.42 Å². The van der Waals surface area contributed by atoms with Crippen LogP contribution in [0.1, 0.15) is 6.42 Å². The zero-order chi connectivity index (χ0) is 7.40. The molecule has 1 aliphatic rings. The van der Waals surface area contributed by atoms with Crippen molar-refractivity contribution in [1.29, 1.82) is 0 Å². The predicted octanol–water partition coefficient (Wildman–Crippen LogP) is -0.728. The Morgan fingerprint density at radius 1 is 1.73 bits per heavy atom. The van der Waals surface area contributed by atoms with Gasteiger partial charge in [-0.25, -0.2) is 0 Å². The minimum absolute atomic E-state index is 0. The van der Waals surface area contributed by atoms with E-state index in [2.05, 4.69) is 5.32 Å². The molecule has 0 aliphatic carbocycles. The maximum Gasteiger partial charge on any atom is 0.246 e. The van der Waals surface area contributed by atoms with Gasteiger partial charge in [0.1, 0.15) is 6.61 Å². The summed E-state index contributed by atoms with van der Waals surface area (Å²) >= 11 is 0. The van der Waals surface area contributed by atoms with Crippen LogP contribution in [0.2, 0.25) is 0 Å². The molecule has 4 nitrogen and oxygen atoms in total. The largest absolute Gasteiger partial charge is 0.367 e. The number of rotatable bonds is 1. The first kappa shape index (κ1) is 10.7. The SMILES string of the molecule is Cl.NCC1CCNC(=O)CO1. The Hall–Kier alpha value is -0.320. The van der Waals surface area contributed by atoms with Crippen molar-refractivity contribution in [1.82, 2.24) is 5.32 Å². The van der Waals surface area contributed by atoms with Gasteiger partial charge in [0.15, 0.2) is 0 Å². The fourth-order valence-corrected chi connectivity index (χ4v) is 0.886. The summed E-state index contributed by atoms with van der Waals surface area (Å²) in [6.45, 7) is 1.33. The molecule has 1 fully saturated rings. The average molecular weight is 181 g/mol. The fraction of sp³-hybridized carbons (Fsp3) is 0.833. The van der Waals surface area contributed by atoms with Crippen molar-refractivity contribution in [3.05, 3.63) is 0 Å². The van der Waals surface area contributed by atoms with Crippen LogP contribution in [0.3, 0.4) is 0 Å². The lowest BCUT2D eigenvalue weighted by Gasteiger charge is -2.08. The highest BCUT2D eigenvalue weighted by Gasteiger charge is 2.13. The molecule has 0 aromatic rings. The third-order valence-corrected chi connectivity index (χ3v) is 1.50. The molecule has 3 N–H and O–H groups in total. The Bertz CT molecular complexity index is 132. The summed E-state index contributed by atoms with van der Waals surface area (Å²) in [5.74, 6) is -0.0454. The van der Waals surface area contributed by atoms with Gasteiger partial charge in [0.2, 0.25) is 5.91 Å². The highest BCUT2D eigenvalue weighted by Crippen LogP contribution is 1.98.